The molecule has 1 aliphatic heterocycles. The van der Waals surface area contributed by atoms with E-state index in [1.54, 1.807) is 27.9 Å². The zero-order chi connectivity index (χ0) is 23.4. The van der Waals surface area contributed by atoms with Crippen LogP contribution in [-0.4, -0.2) is 48.2 Å². The van der Waals surface area contributed by atoms with E-state index in [9.17, 15) is 18.0 Å². The Morgan fingerprint density at radius 1 is 1.22 bits per heavy atom. The van der Waals surface area contributed by atoms with Crippen LogP contribution in [0.15, 0.2) is 18.2 Å². The predicted molar refractivity (Wildman–Crippen MR) is 110 cm³/mol. The summed E-state index contributed by atoms with van der Waals surface area (Å²) in [6.45, 7) is 3.98. The maximum absolute atomic E-state index is 14.7. The summed E-state index contributed by atoms with van der Waals surface area (Å²) in [5.74, 6) is -0.627. The number of hydrazine groups is 1. The number of hydrogen-bond acceptors (Lipinski definition) is 7. The highest BCUT2D eigenvalue weighted by Gasteiger charge is 2.29. The standard InChI is InChI=1S/C21H26F3N5O3/c1-11(13-6-5-7-14(18(13)22)19(23)24)25-20-17(21-31-8-9-32-21)15(26-12(2)27-20)10-16(30)28-29(3)4/h5-7,11,19,21H,8-10H2,1-4H3,(H,28,30)(H,25,26,27)/t11-/m1/s1. The highest BCUT2D eigenvalue weighted by atomic mass is 19.3. The van der Waals surface area contributed by atoms with Crippen molar-refractivity contribution >= 4 is 11.7 Å². The molecule has 0 radical (unpaired) electrons. The second-order valence-corrected chi connectivity index (χ2v) is 7.58. The Balaban J connectivity index is 1.98. The maximum Gasteiger partial charge on any atom is 0.266 e. The molecule has 11 heteroatoms. The Hall–Kier alpha value is -2.76. The zero-order valence-corrected chi connectivity index (χ0v) is 18.3. The minimum Gasteiger partial charge on any atom is -0.363 e. The summed E-state index contributed by atoms with van der Waals surface area (Å²) in [5, 5.41) is 4.58. The molecular weight excluding hydrogens is 427 g/mol. The molecule has 1 aromatic carbocycles. The van der Waals surface area contributed by atoms with Crippen LogP contribution in [0.5, 0.6) is 0 Å². The molecule has 174 valence electrons. The second-order valence-electron chi connectivity index (χ2n) is 7.58. The fourth-order valence-electron chi connectivity index (χ4n) is 3.45. The molecule has 0 spiro atoms. The lowest BCUT2D eigenvalue weighted by molar-refractivity contribution is -0.124. The number of carbonyl (C=O) groups excluding carboxylic acids is 1. The van der Waals surface area contributed by atoms with Gasteiger partial charge in [-0.3, -0.25) is 10.2 Å². The molecule has 1 aromatic heterocycles. The molecule has 3 rings (SSSR count). The van der Waals surface area contributed by atoms with E-state index >= 15 is 0 Å². The molecule has 1 fully saturated rings. The van der Waals surface area contributed by atoms with Crippen LogP contribution in [0.4, 0.5) is 19.0 Å². The van der Waals surface area contributed by atoms with E-state index in [-0.39, 0.29) is 23.7 Å². The maximum atomic E-state index is 14.7. The highest BCUT2D eigenvalue weighted by Crippen LogP contribution is 2.34. The van der Waals surface area contributed by atoms with Gasteiger partial charge in [-0.15, -0.1) is 0 Å². The van der Waals surface area contributed by atoms with Crippen molar-refractivity contribution in [2.45, 2.75) is 39.0 Å². The largest absolute Gasteiger partial charge is 0.363 e. The number of amides is 1. The third-order valence-electron chi connectivity index (χ3n) is 4.78. The first-order valence-corrected chi connectivity index (χ1v) is 10.1. The third kappa shape index (κ3) is 5.53. The number of ether oxygens (including phenoxy) is 2. The summed E-state index contributed by atoms with van der Waals surface area (Å²) >= 11 is 0. The molecule has 1 amide bonds. The lowest BCUT2D eigenvalue weighted by atomic mass is 10.0. The smallest absolute Gasteiger partial charge is 0.266 e. The molecule has 32 heavy (non-hydrogen) atoms. The Morgan fingerprint density at radius 3 is 2.50 bits per heavy atom. The SMILES string of the molecule is Cc1nc(CC(=O)NN(C)C)c(C2OCCO2)c(N[C@H](C)c2cccc(C(F)F)c2F)n1. The van der Waals surface area contributed by atoms with E-state index in [0.29, 0.717) is 30.3 Å². The van der Waals surface area contributed by atoms with Crippen molar-refractivity contribution in [3.05, 3.63) is 52.2 Å². The van der Waals surface area contributed by atoms with Gasteiger partial charge in [0.1, 0.15) is 17.5 Å². The average Bonchev–Trinajstić information content (AvgIpc) is 3.21. The van der Waals surface area contributed by atoms with Gasteiger partial charge in [0.25, 0.3) is 6.43 Å². The first kappa shape index (κ1) is 23.9. The quantitative estimate of drug-likeness (QED) is 0.594. The Labute approximate surface area is 184 Å². The molecule has 2 N–H and O–H groups in total. The zero-order valence-electron chi connectivity index (χ0n) is 18.3. The minimum absolute atomic E-state index is 0.0603. The molecule has 0 unspecified atom stereocenters. The summed E-state index contributed by atoms with van der Waals surface area (Å²) in [5.41, 5.74) is 2.85. The molecule has 2 aromatic rings. The van der Waals surface area contributed by atoms with Crippen LogP contribution < -0.4 is 10.7 Å². The number of alkyl halides is 2. The number of aryl methyl sites for hydroxylation is 1. The summed E-state index contributed by atoms with van der Waals surface area (Å²) in [4.78, 5) is 21.2. The second kappa shape index (κ2) is 10.2. The lowest BCUT2D eigenvalue weighted by Crippen LogP contribution is -2.37. The number of benzene rings is 1. The Morgan fingerprint density at radius 2 is 1.88 bits per heavy atom. The lowest BCUT2D eigenvalue weighted by Gasteiger charge is -2.23. The molecule has 0 saturated carbocycles. The Bertz CT molecular complexity index is 968. The van der Waals surface area contributed by atoms with Crippen molar-refractivity contribution in [3.8, 4) is 0 Å². The first-order valence-electron chi connectivity index (χ1n) is 10.1. The van der Waals surface area contributed by atoms with E-state index in [1.165, 1.54) is 17.1 Å². The van der Waals surface area contributed by atoms with Gasteiger partial charge in [0, 0.05) is 19.7 Å². The molecule has 1 saturated heterocycles. The first-order chi connectivity index (χ1) is 15.2. The van der Waals surface area contributed by atoms with Crippen LogP contribution in [0.1, 0.15) is 53.9 Å². The van der Waals surface area contributed by atoms with E-state index < -0.39 is 30.1 Å². The van der Waals surface area contributed by atoms with Gasteiger partial charge in [0.05, 0.1) is 42.5 Å². The van der Waals surface area contributed by atoms with Crippen LogP contribution in [0.3, 0.4) is 0 Å². The van der Waals surface area contributed by atoms with Gasteiger partial charge in [-0.1, -0.05) is 18.2 Å². The Kier molecular flexibility index (Phi) is 7.64. The number of aromatic nitrogens is 2. The highest BCUT2D eigenvalue weighted by molar-refractivity contribution is 5.78. The number of halogens is 3. The van der Waals surface area contributed by atoms with E-state index in [4.69, 9.17) is 9.47 Å². The molecular formula is C21H26F3N5O3. The van der Waals surface area contributed by atoms with Crippen molar-refractivity contribution in [1.29, 1.82) is 0 Å². The fourth-order valence-corrected chi connectivity index (χ4v) is 3.45. The number of anilines is 1. The normalized spacial score (nSPS) is 15.4. The van der Waals surface area contributed by atoms with Crippen molar-refractivity contribution in [3.63, 3.8) is 0 Å². The van der Waals surface area contributed by atoms with Gasteiger partial charge in [-0.2, -0.15) is 0 Å². The van der Waals surface area contributed by atoms with Crippen molar-refractivity contribution in [2.24, 2.45) is 0 Å². The molecule has 2 heterocycles. The molecule has 0 bridgehead atoms. The van der Waals surface area contributed by atoms with Gasteiger partial charge < -0.3 is 14.8 Å². The van der Waals surface area contributed by atoms with Gasteiger partial charge in [-0.05, 0) is 13.8 Å². The summed E-state index contributed by atoms with van der Waals surface area (Å²) < 4.78 is 52.2. The van der Waals surface area contributed by atoms with Crippen molar-refractivity contribution < 1.29 is 27.4 Å². The molecule has 1 aliphatic rings. The molecule has 1 atom stereocenters. The monoisotopic (exact) mass is 453 g/mol. The topological polar surface area (TPSA) is 88.6 Å². The fraction of sp³-hybridized carbons (Fsp3) is 0.476. The van der Waals surface area contributed by atoms with Crippen LogP contribution in [0, 0.1) is 12.7 Å². The van der Waals surface area contributed by atoms with Gasteiger partial charge in [-0.25, -0.2) is 28.1 Å². The summed E-state index contributed by atoms with van der Waals surface area (Å²) in [6.07, 6.45) is -3.82. The van der Waals surface area contributed by atoms with Gasteiger partial charge in [0.2, 0.25) is 5.91 Å². The van der Waals surface area contributed by atoms with Gasteiger partial charge in [0.15, 0.2) is 6.29 Å². The van der Waals surface area contributed by atoms with Crippen LogP contribution in [-0.2, 0) is 20.7 Å². The number of nitrogens with zero attached hydrogens (tertiary/aromatic N) is 3. The number of nitrogens with one attached hydrogen (secondary N) is 2. The van der Waals surface area contributed by atoms with Crippen LogP contribution in [0.25, 0.3) is 0 Å². The van der Waals surface area contributed by atoms with Crippen LogP contribution >= 0.6 is 0 Å². The summed E-state index contributed by atoms with van der Waals surface area (Å²) in [7, 11) is 3.37. The number of carbonyl (C=O) groups is 1. The predicted octanol–water partition coefficient (Wildman–Crippen LogP) is 3.22. The minimum atomic E-state index is -2.93. The number of rotatable bonds is 8. The van der Waals surface area contributed by atoms with Crippen molar-refractivity contribution in [2.75, 3.05) is 32.6 Å². The van der Waals surface area contributed by atoms with Crippen LogP contribution in [0.2, 0.25) is 0 Å². The third-order valence-corrected chi connectivity index (χ3v) is 4.78. The molecule has 8 nitrogen and oxygen atoms in total. The summed E-state index contributed by atoms with van der Waals surface area (Å²) in [6, 6.07) is 3.15. The number of hydrogen-bond donors (Lipinski definition) is 2. The van der Waals surface area contributed by atoms with E-state index in [2.05, 4.69) is 20.7 Å². The van der Waals surface area contributed by atoms with Crippen molar-refractivity contribution in [1.82, 2.24) is 20.4 Å². The average molecular weight is 453 g/mol. The molecule has 0 aliphatic carbocycles. The van der Waals surface area contributed by atoms with E-state index in [1.807, 2.05) is 0 Å². The van der Waals surface area contributed by atoms with E-state index in [0.717, 1.165) is 6.07 Å². The van der Waals surface area contributed by atoms with Gasteiger partial charge >= 0.3 is 0 Å².